The van der Waals surface area contributed by atoms with Gasteiger partial charge in [-0.25, -0.2) is 0 Å². The van der Waals surface area contributed by atoms with Gasteiger partial charge in [0.2, 0.25) is 0 Å². The highest BCUT2D eigenvalue weighted by molar-refractivity contribution is 9.10. The molecule has 0 fully saturated rings. The second kappa shape index (κ2) is 16.8. The number of unbranched alkanes of at least 4 members (excludes halogenated alkanes) is 12. The normalized spacial score (nSPS) is 13.7. The number of rotatable bonds is 16. The fraction of sp³-hybridized carbons (Fsp3) is 0.947. The molecule has 0 aromatic rings. The van der Waals surface area contributed by atoms with Crippen molar-refractivity contribution in [2.45, 2.75) is 108 Å². The molecule has 0 bridgehead atoms. The molecule has 0 heterocycles. The third kappa shape index (κ3) is 14.0. The average molecular weight is 393 g/mol. The van der Waals surface area contributed by atoms with Crippen molar-refractivity contribution < 1.29 is 14.6 Å². The van der Waals surface area contributed by atoms with Gasteiger partial charge in [-0.3, -0.25) is 4.79 Å². The Bertz CT molecular complexity index is 271. The third-order valence-corrected chi connectivity index (χ3v) is 5.35. The lowest BCUT2D eigenvalue weighted by Gasteiger charge is -2.14. The predicted molar refractivity (Wildman–Crippen MR) is 101 cm³/mol. The largest absolute Gasteiger partial charge is 0.468 e. The molecular weight excluding hydrogens is 356 g/mol. The quantitative estimate of drug-likeness (QED) is 0.206. The summed E-state index contributed by atoms with van der Waals surface area (Å²) in [6, 6.07) is 0. The van der Waals surface area contributed by atoms with Gasteiger partial charge in [-0.15, -0.1) is 0 Å². The molecule has 0 rings (SSSR count). The zero-order valence-electron chi connectivity index (χ0n) is 15.2. The molecule has 4 heteroatoms. The van der Waals surface area contributed by atoms with Crippen LogP contribution in [0.25, 0.3) is 0 Å². The summed E-state index contributed by atoms with van der Waals surface area (Å²) in [6.07, 6.45) is 17.1. The number of esters is 1. The number of carbonyl (C=O) groups is 1. The Hall–Kier alpha value is -0.0900. The highest BCUT2D eigenvalue weighted by Crippen LogP contribution is 2.16. The van der Waals surface area contributed by atoms with Gasteiger partial charge in [0.1, 0.15) is 4.83 Å². The van der Waals surface area contributed by atoms with Crippen LogP contribution in [0.4, 0.5) is 0 Å². The topological polar surface area (TPSA) is 46.5 Å². The molecule has 0 aliphatic rings. The average Bonchev–Trinajstić information content (AvgIpc) is 2.57. The van der Waals surface area contributed by atoms with Crippen molar-refractivity contribution in [3.8, 4) is 0 Å². The summed E-state index contributed by atoms with van der Waals surface area (Å²) in [5.74, 6) is -0.396. The molecule has 0 saturated carbocycles. The summed E-state index contributed by atoms with van der Waals surface area (Å²) in [5, 5.41) is 9.85. The maximum atomic E-state index is 11.3. The van der Waals surface area contributed by atoms with Gasteiger partial charge in [-0.05, 0) is 6.42 Å². The smallest absolute Gasteiger partial charge is 0.322 e. The van der Waals surface area contributed by atoms with Crippen LogP contribution in [0.3, 0.4) is 0 Å². The second-order valence-electron chi connectivity index (χ2n) is 6.52. The van der Waals surface area contributed by atoms with Crippen LogP contribution in [0, 0.1) is 0 Å². The molecule has 0 aromatic heterocycles. The fourth-order valence-corrected chi connectivity index (χ4v) is 3.24. The van der Waals surface area contributed by atoms with E-state index in [4.69, 9.17) is 0 Å². The number of methoxy groups -OCH3 is 1. The molecule has 1 N–H and O–H groups in total. The Labute approximate surface area is 151 Å². The maximum absolute atomic E-state index is 11.3. The van der Waals surface area contributed by atoms with Gasteiger partial charge in [-0.1, -0.05) is 106 Å². The van der Waals surface area contributed by atoms with E-state index < -0.39 is 16.9 Å². The van der Waals surface area contributed by atoms with Crippen LogP contribution in [-0.4, -0.2) is 29.1 Å². The van der Waals surface area contributed by atoms with E-state index in [0.29, 0.717) is 6.42 Å². The fourth-order valence-electron chi connectivity index (χ4n) is 2.79. The zero-order chi connectivity index (χ0) is 17.3. The molecule has 3 nitrogen and oxygen atoms in total. The minimum atomic E-state index is -0.643. The van der Waals surface area contributed by atoms with Crippen LogP contribution >= 0.6 is 15.9 Å². The van der Waals surface area contributed by atoms with E-state index in [1.54, 1.807) is 0 Å². The minimum Gasteiger partial charge on any atom is -0.468 e. The van der Waals surface area contributed by atoms with Gasteiger partial charge in [0, 0.05) is 0 Å². The molecule has 23 heavy (non-hydrogen) atoms. The predicted octanol–water partition coefficient (Wildman–Crippen LogP) is 5.77. The van der Waals surface area contributed by atoms with E-state index in [9.17, 15) is 9.90 Å². The number of ether oxygens (including phenoxy) is 1. The summed E-state index contributed by atoms with van der Waals surface area (Å²) in [6.45, 7) is 2.26. The van der Waals surface area contributed by atoms with E-state index in [-0.39, 0.29) is 0 Å². The van der Waals surface area contributed by atoms with E-state index in [1.165, 1.54) is 77.7 Å². The Morgan fingerprint density at radius 2 is 1.26 bits per heavy atom. The summed E-state index contributed by atoms with van der Waals surface area (Å²) in [7, 11) is 1.34. The SMILES string of the molecule is CCCCCCCCCCCCCCC[C@H](O)[C@H](Br)C(=O)OC. The molecular formula is C19H37BrO3. The van der Waals surface area contributed by atoms with E-state index in [0.717, 1.165) is 12.8 Å². The van der Waals surface area contributed by atoms with Crippen molar-refractivity contribution in [2.75, 3.05) is 7.11 Å². The zero-order valence-corrected chi connectivity index (χ0v) is 16.8. The van der Waals surface area contributed by atoms with E-state index in [2.05, 4.69) is 27.6 Å². The molecule has 0 spiro atoms. The van der Waals surface area contributed by atoms with Crippen molar-refractivity contribution >= 4 is 21.9 Å². The lowest BCUT2D eigenvalue weighted by molar-refractivity contribution is -0.141. The van der Waals surface area contributed by atoms with Crippen LogP contribution in [-0.2, 0) is 9.53 Å². The van der Waals surface area contributed by atoms with Gasteiger partial charge >= 0.3 is 5.97 Å². The first-order valence-electron chi connectivity index (χ1n) is 9.53. The standard InChI is InChI=1S/C19H37BrO3/c1-3-4-5-6-7-8-9-10-11-12-13-14-15-16-17(21)18(20)19(22)23-2/h17-18,21H,3-16H2,1-2H3/t17-,18-/m0/s1. The molecule has 0 aromatic carbocycles. The van der Waals surface area contributed by atoms with Crippen LogP contribution in [0.1, 0.15) is 96.8 Å². The number of alkyl halides is 1. The van der Waals surface area contributed by atoms with Crippen molar-refractivity contribution in [3.63, 3.8) is 0 Å². The molecule has 0 saturated heterocycles. The Balaban J connectivity index is 3.26. The lowest BCUT2D eigenvalue weighted by atomic mass is 10.0. The second-order valence-corrected chi connectivity index (χ2v) is 7.51. The maximum Gasteiger partial charge on any atom is 0.322 e. The summed E-state index contributed by atoms with van der Waals surface area (Å²) >= 11 is 3.18. The molecule has 0 aliphatic carbocycles. The number of hydrogen-bond donors (Lipinski definition) is 1. The summed E-state index contributed by atoms with van der Waals surface area (Å²) in [4.78, 5) is 10.7. The molecule has 2 atom stereocenters. The van der Waals surface area contributed by atoms with Gasteiger partial charge in [0.25, 0.3) is 0 Å². The van der Waals surface area contributed by atoms with Crippen LogP contribution < -0.4 is 0 Å². The molecule has 0 unspecified atom stereocenters. The molecule has 138 valence electrons. The van der Waals surface area contributed by atoms with Crippen LogP contribution in [0.5, 0.6) is 0 Å². The number of aliphatic hydroxyl groups is 1. The van der Waals surface area contributed by atoms with E-state index in [1.807, 2.05) is 0 Å². The molecule has 0 amide bonds. The van der Waals surface area contributed by atoms with E-state index >= 15 is 0 Å². The van der Waals surface area contributed by atoms with Crippen LogP contribution in [0.2, 0.25) is 0 Å². The highest BCUT2D eigenvalue weighted by atomic mass is 79.9. The van der Waals surface area contributed by atoms with Gasteiger partial charge in [0.05, 0.1) is 13.2 Å². The number of hydrogen-bond acceptors (Lipinski definition) is 3. The van der Waals surface area contributed by atoms with Crippen LogP contribution in [0.15, 0.2) is 0 Å². The van der Waals surface area contributed by atoms with Crippen molar-refractivity contribution in [1.82, 2.24) is 0 Å². The highest BCUT2D eigenvalue weighted by Gasteiger charge is 2.23. The number of aliphatic hydroxyl groups excluding tert-OH is 1. The molecule has 0 radical (unpaired) electrons. The number of carbonyl (C=O) groups excluding carboxylic acids is 1. The van der Waals surface area contributed by atoms with Gasteiger partial charge in [-0.2, -0.15) is 0 Å². The summed E-state index contributed by atoms with van der Waals surface area (Å²) < 4.78 is 4.61. The van der Waals surface area contributed by atoms with Gasteiger partial charge < -0.3 is 9.84 Å². The third-order valence-electron chi connectivity index (χ3n) is 4.37. The molecule has 0 aliphatic heterocycles. The first-order chi connectivity index (χ1) is 11.1. The Morgan fingerprint density at radius 1 is 0.870 bits per heavy atom. The first-order valence-corrected chi connectivity index (χ1v) is 10.4. The Kier molecular flexibility index (Phi) is 16.7. The minimum absolute atomic E-state index is 0.396. The van der Waals surface area contributed by atoms with Crippen molar-refractivity contribution in [3.05, 3.63) is 0 Å². The monoisotopic (exact) mass is 392 g/mol. The first kappa shape index (κ1) is 22.9. The lowest BCUT2D eigenvalue weighted by Crippen LogP contribution is -2.29. The van der Waals surface area contributed by atoms with Crippen molar-refractivity contribution in [1.29, 1.82) is 0 Å². The van der Waals surface area contributed by atoms with Gasteiger partial charge in [0.15, 0.2) is 0 Å². The number of halogens is 1. The summed E-state index contributed by atoms with van der Waals surface area (Å²) in [5.41, 5.74) is 0. The van der Waals surface area contributed by atoms with Crippen molar-refractivity contribution in [2.24, 2.45) is 0 Å². The Morgan fingerprint density at radius 3 is 1.65 bits per heavy atom.